The highest BCUT2D eigenvalue weighted by Crippen LogP contribution is 2.53. The zero-order valence-corrected chi connectivity index (χ0v) is 29.9. The first-order chi connectivity index (χ1) is 26.2. The summed E-state index contributed by atoms with van der Waals surface area (Å²) < 4.78 is 2.53. The molecule has 0 fully saturated rings. The molecule has 8 aromatic rings. The average Bonchev–Trinajstić information content (AvgIpc) is 3.86. The molecule has 0 radical (unpaired) electrons. The maximum Gasteiger partial charge on any atom is 0.0629 e. The average molecular weight is 679 g/mol. The fourth-order valence-electron chi connectivity index (χ4n) is 9.85. The molecular weight excluding hydrogens is 641 g/mol. The number of hydrogen-bond acceptors (Lipinski definition) is 1. The Labute approximate surface area is 310 Å². The van der Waals surface area contributed by atoms with Crippen molar-refractivity contribution in [3.63, 3.8) is 0 Å². The number of anilines is 2. The van der Waals surface area contributed by atoms with Crippen LogP contribution in [0.3, 0.4) is 0 Å². The molecule has 0 spiro atoms. The summed E-state index contributed by atoms with van der Waals surface area (Å²) in [7, 11) is 0. The van der Waals surface area contributed by atoms with Crippen molar-refractivity contribution in [1.29, 1.82) is 0 Å². The van der Waals surface area contributed by atoms with E-state index >= 15 is 0 Å². The first-order valence-corrected chi connectivity index (χ1v) is 18.8. The van der Waals surface area contributed by atoms with Gasteiger partial charge in [0.2, 0.25) is 0 Å². The van der Waals surface area contributed by atoms with E-state index in [9.17, 15) is 0 Å². The van der Waals surface area contributed by atoms with E-state index in [2.05, 4.69) is 193 Å². The predicted molar refractivity (Wildman–Crippen MR) is 223 cm³/mol. The lowest BCUT2D eigenvalue weighted by molar-refractivity contribution is 0.747. The van der Waals surface area contributed by atoms with E-state index in [1.165, 1.54) is 100 Å². The molecule has 11 rings (SSSR count). The van der Waals surface area contributed by atoms with E-state index < -0.39 is 0 Å². The lowest BCUT2D eigenvalue weighted by atomic mass is 9.85. The molecule has 0 N–H and O–H groups in total. The lowest BCUT2D eigenvalue weighted by Gasteiger charge is -2.28. The Morgan fingerprint density at radius 3 is 2.11 bits per heavy atom. The van der Waals surface area contributed by atoms with E-state index in [4.69, 9.17) is 0 Å². The fourth-order valence-corrected chi connectivity index (χ4v) is 9.85. The molecule has 2 heterocycles. The Morgan fingerprint density at radius 2 is 1.21 bits per heavy atom. The highest BCUT2D eigenvalue weighted by Gasteiger charge is 2.39. The molecule has 3 aliphatic rings. The van der Waals surface area contributed by atoms with E-state index in [1.54, 1.807) is 0 Å². The van der Waals surface area contributed by atoms with Crippen LogP contribution in [0.4, 0.5) is 11.4 Å². The summed E-state index contributed by atoms with van der Waals surface area (Å²) >= 11 is 0. The number of rotatable bonds is 4. The first kappa shape index (κ1) is 30.3. The quantitative estimate of drug-likeness (QED) is 0.180. The minimum Gasteiger partial charge on any atom is -0.333 e. The van der Waals surface area contributed by atoms with Crippen molar-refractivity contribution in [3.05, 3.63) is 198 Å². The number of allylic oxidation sites excluding steroid dienone is 2. The molecule has 2 atom stereocenters. The van der Waals surface area contributed by atoms with Crippen LogP contribution in [0, 0.1) is 13.8 Å². The van der Waals surface area contributed by atoms with Crippen molar-refractivity contribution in [2.75, 3.05) is 4.90 Å². The maximum absolute atomic E-state index is 2.54. The van der Waals surface area contributed by atoms with Gasteiger partial charge in [0.15, 0.2) is 0 Å². The Morgan fingerprint density at radius 1 is 0.509 bits per heavy atom. The SMILES string of the molecule is Cc1cccc(-c2cccc3c2-c2ccccc2C3)c1-c1cccc(-n2c3ccccc3c3c4c(ccc32)N(c2ccccc2)C2C=CC=CC42)c1C. The molecule has 0 saturated carbocycles. The summed E-state index contributed by atoms with van der Waals surface area (Å²) in [6.07, 6.45) is 10.2. The van der Waals surface area contributed by atoms with Gasteiger partial charge in [-0.1, -0.05) is 133 Å². The van der Waals surface area contributed by atoms with Gasteiger partial charge >= 0.3 is 0 Å². The maximum atomic E-state index is 2.54. The molecule has 2 aliphatic carbocycles. The van der Waals surface area contributed by atoms with Crippen LogP contribution < -0.4 is 4.90 Å². The second kappa shape index (κ2) is 11.6. The Kier molecular flexibility index (Phi) is 6.60. The van der Waals surface area contributed by atoms with Gasteiger partial charge in [-0.05, 0) is 118 Å². The second-order valence-electron chi connectivity index (χ2n) is 14.9. The van der Waals surface area contributed by atoms with Gasteiger partial charge in [0, 0.05) is 33.8 Å². The highest BCUT2D eigenvalue weighted by atomic mass is 15.2. The predicted octanol–water partition coefficient (Wildman–Crippen LogP) is 13.0. The van der Waals surface area contributed by atoms with E-state index in [1.807, 2.05) is 0 Å². The number of aryl methyl sites for hydroxylation is 1. The third-order valence-corrected chi connectivity index (χ3v) is 12.1. The second-order valence-corrected chi connectivity index (χ2v) is 14.9. The summed E-state index contributed by atoms with van der Waals surface area (Å²) in [6, 6.07) is 54.4. The number of hydrogen-bond donors (Lipinski definition) is 0. The third kappa shape index (κ3) is 4.33. The van der Waals surface area contributed by atoms with Gasteiger partial charge in [0.1, 0.15) is 0 Å². The minimum absolute atomic E-state index is 0.237. The first-order valence-electron chi connectivity index (χ1n) is 18.8. The highest BCUT2D eigenvalue weighted by molar-refractivity contribution is 6.14. The normalized spacial score (nSPS) is 16.6. The van der Waals surface area contributed by atoms with Crippen LogP contribution in [0.25, 0.3) is 60.9 Å². The molecule has 2 nitrogen and oxygen atoms in total. The monoisotopic (exact) mass is 678 g/mol. The zero-order chi connectivity index (χ0) is 35.2. The standard InChI is InChI=1S/C51H38N2/c1-32-15-12-24-39(40-25-13-17-35-31-34-16-6-7-20-38(34)49(35)40)48(32)37-23-14-28-43(33(37)2)53-45-27-11-9-22-42(45)51-47(53)30-29-46-50(51)41-21-8-10-26-44(41)52(46)36-18-4-3-5-19-36/h3-30,41,44H,31H2,1-2H3. The van der Waals surface area contributed by atoms with Gasteiger partial charge in [-0.3, -0.25) is 0 Å². The Bertz CT molecular complexity index is 2850. The van der Waals surface area contributed by atoms with Crippen molar-refractivity contribution in [2.24, 2.45) is 0 Å². The van der Waals surface area contributed by atoms with Gasteiger partial charge in [-0.15, -0.1) is 0 Å². The van der Waals surface area contributed by atoms with Gasteiger partial charge in [-0.25, -0.2) is 0 Å². The molecule has 1 aromatic heterocycles. The smallest absolute Gasteiger partial charge is 0.0629 e. The van der Waals surface area contributed by atoms with Crippen LogP contribution >= 0.6 is 0 Å². The third-order valence-electron chi connectivity index (χ3n) is 12.1. The molecule has 53 heavy (non-hydrogen) atoms. The van der Waals surface area contributed by atoms with Crippen LogP contribution in [0.1, 0.15) is 33.7 Å². The van der Waals surface area contributed by atoms with Crippen molar-refractivity contribution < 1.29 is 0 Å². The molecule has 7 aromatic carbocycles. The Balaban J connectivity index is 1.14. The molecule has 252 valence electrons. The van der Waals surface area contributed by atoms with Gasteiger partial charge < -0.3 is 9.47 Å². The van der Waals surface area contributed by atoms with Crippen molar-refractivity contribution >= 4 is 33.2 Å². The summed E-state index contributed by atoms with van der Waals surface area (Å²) in [5, 5.41) is 2.65. The molecule has 2 heteroatoms. The number of nitrogens with zero attached hydrogens (tertiary/aromatic N) is 2. The van der Waals surface area contributed by atoms with Crippen LogP contribution in [0.15, 0.2) is 170 Å². The van der Waals surface area contributed by atoms with Crippen LogP contribution in [0.2, 0.25) is 0 Å². The number of benzene rings is 7. The Hall–Kier alpha value is -6.38. The molecule has 0 amide bonds. The van der Waals surface area contributed by atoms with E-state index in [0.29, 0.717) is 0 Å². The lowest BCUT2D eigenvalue weighted by Crippen LogP contribution is -2.28. The molecular formula is C51H38N2. The van der Waals surface area contributed by atoms with Crippen LogP contribution in [-0.2, 0) is 6.42 Å². The van der Waals surface area contributed by atoms with Gasteiger partial charge in [0.05, 0.1) is 17.1 Å². The van der Waals surface area contributed by atoms with Gasteiger partial charge in [-0.2, -0.15) is 0 Å². The molecule has 0 saturated heterocycles. The zero-order valence-electron chi connectivity index (χ0n) is 29.9. The molecule has 1 aliphatic heterocycles. The van der Waals surface area contributed by atoms with E-state index in [0.717, 1.165) is 6.42 Å². The largest absolute Gasteiger partial charge is 0.333 e. The van der Waals surface area contributed by atoms with E-state index in [-0.39, 0.29) is 12.0 Å². The summed E-state index contributed by atoms with van der Waals surface area (Å²) in [5.74, 6) is 0.262. The van der Waals surface area contributed by atoms with Crippen LogP contribution in [-0.4, -0.2) is 10.6 Å². The number of fused-ring (bicyclic) bond motifs is 10. The number of aromatic nitrogens is 1. The summed E-state index contributed by atoms with van der Waals surface area (Å²) in [5.41, 5.74) is 21.0. The van der Waals surface area contributed by atoms with Crippen molar-refractivity contribution in [3.8, 4) is 39.1 Å². The fraction of sp³-hybridized carbons (Fsp3) is 0.0980. The number of para-hydroxylation sites is 2. The topological polar surface area (TPSA) is 8.17 Å². The molecule has 2 unspecified atom stereocenters. The van der Waals surface area contributed by atoms with Gasteiger partial charge in [0.25, 0.3) is 0 Å². The summed E-state index contributed by atoms with van der Waals surface area (Å²) in [4.78, 5) is 2.54. The summed E-state index contributed by atoms with van der Waals surface area (Å²) in [6.45, 7) is 4.59. The minimum atomic E-state index is 0.237. The van der Waals surface area contributed by atoms with Crippen molar-refractivity contribution in [1.82, 2.24) is 4.57 Å². The van der Waals surface area contributed by atoms with Crippen molar-refractivity contribution in [2.45, 2.75) is 32.2 Å². The molecule has 0 bridgehead atoms. The van der Waals surface area contributed by atoms with Crippen LogP contribution in [0.5, 0.6) is 0 Å².